The second-order valence-electron chi connectivity index (χ2n) is 8.04. The summed E-state index contributed by atoms with van der Waals surface area (Å²) in [4.78, 5) is 24.5. The summed E-state index contributed by atoms with van der Waals surface area (Å²) in [5, 5.41) is 12.1. The van der Waals surface area contributed by atoms with Gasteiger partial charge in [-0.15, -0.1) is 0 Å². The zero-order valence-corrected chi connectivity index (χ0v) is 19.3. The van der Waals surface area contributed by atoms with Crippen molar-refractivity contribution in [3.63, 3.8) is 0 Å². The molecule has 0 unspecified atom stereocenters. The minimum Gasteiger partial charge on any atom is -0.489 e. The molecule has 0 amide bonds. The van der Waals surface area contributed by atoms with Crippen molar-refractivity contribution in [1.29, 1.82) is 0 Å². The lowest BCUT2D eigenvalue weighted by Crippen LogP contribution is -2.37. The molecule has 1 saturated heterocycles. The van der Waals surface area contributed by atoms with Crippen LogP contribution in [0.25, 0.3) is 17.5 Å². The minimum atomic E-state index is -0.413. The molecule has 2 heterocycles. The number of rotatable bonds is 8. The highest BCUT2D eigenvalue weighted by molar-refractivity contribution is 5.73. The van der Waals surface area contributed by atoms with Crippen LogP contribution in [0.4, 0.5) is 11.5 Å². The molecule has 34 heavy (non-hydrogen) atoms. The van der Waals surface area contributed by atoms with E-state index in [-0.39, 0.29) is 11.4 Å². The number of nitro groups is 1. The smallest absolute Gasteiger partial charge is 0.337 e. The SMILES string of the molecule is CN(C)/C=C/c1nc(-c2cccc(OCc3ccccc3)c2)nc(N2CCOCC2)c1[N+](=O)[O-]. The summed E-state index contributed by atoms with van der Waals surface area (Å²) >= 11 is 0. The molecule has 176 valence electrons. The molecular weight excluding hydrogens is 434 g/mol. The molecule has 1 aliphatic heterocycles. The second-order valence-corrected chi connectivity index (χ2v) is 8.04. The van der Waals surface area contributed by atoms with Crippen molar-refractivity contribution in [3.05, 3.63) is 82.2 Å². The lowest BCUT2D eigenvalue weighted by Gasteiger charge is -2.27. The molecular formula is C25H27N5O4. The molecule has 0 bridgehead atoms. The van der Waals surface area contributed by atoms with Crippen LogP contribution < -0.4 is 9.64 Å². The molecule has 0 aliphatic carbocycles. The Morgan fingerprint density at radius 3 is 2.59 bits per heavy atom. The number of anilines is 1. The average Bonchev–Trinajstić information content (AvgIpc) is 2.87. The second kappa shape index (κ2) is 10.8. The first-order valence-corrected chi connectivity index (χ1v) is 11.0. The Labute approximate surface area is 198 Å². The van der Waals surface area contributed by atoms with Gasteiger partial charge in [-0.05, 0) is 23.8 Å². The van der Waals surface area contributed by atoms with E-state index in [9.17, 15) is 10.1 Å². The quantitative estimate of drug-likeness (QED) is 0.367. The molecule has 0 radical (unpaired) electrons. The Bertz CT molecular complexity index is 1160. The summed E-state index contributed by atoms with van der Waals surface area (Å²) in [7, 11) is 3.70. The van der Waals surface area contributed by atoms with Gasteiger partial charge in [0.2, 0.25) is 5.82 Å². The highest BCUT2D eigenvalue weighted by Gasteiger charge is 2.29. The van der Waals surface area contributed by atoms with Crippen LogP contribution >= 0.6 is 0 Å². The first kappa shape index (κ1) is 23.2. The first-order chi connectivity index (χ1) is 16.5. The van der Waals surface area contributed by atoms with Gasteiger partial charge in [-0.25, -0.2) is 9.97 Å². The van der Waals surface area contributed by atoms with E-state index in [1.54, 1.807) is 17.2 Å². The van der Waals surface area contributed by atoms with Gasteiger partial charge in [-0.3, -0.25) is 10.1 Å². The number of hydrogen-bond donors (Lipinski definition) is 0. The van der Waals surface area contributed by atoms with Crippen LogP contribution in [-0.4, -0.2) is 60.2 Å². The summed E-state index contributed by atoms with van der Waals surface area (Å²) < 4.78 is 11.4. The van der Waals surface area contributed by atoms with Crippen LogP contribution in [0.1, 0.15) is 11.3 Å². The number of ether oxygens (including phenoxy) is 2. The van der Waals surface area contributed by atoms with Crippen molar-refractivity contribution in [1.82, 2.24) is 14.9 Å². The van der Waals surface area contributed by atoms with Crippen molar-refractivity contribution >= 4 is 17.6 Å². The molecule has 0 spiro atoms. The minimum absolute atomic E-state index is 0.111. The Kier molecular flexibility index (Phi) is 7.34. The van der Waals surface area contributed by atoms with Crippen LogP contribution in [0, 0.1) is 10.1 Å². The van der Waals surface area contributed by atoms with Crippen molar-refractivity contribution in [2.24, 2.45) is 0 Å². The molecule has 0 saturated carbocycles. The van der Waals surface area contributed by atoms with E-state index in [1.165, 1.54) is 0 Å². The van der Waals surface area contributed by atoms with Crippen molar-refractivity contribution in [3.8, 4) is 17.1 Å². The van der Waals surface area contributed by atoms with E-state index in [0.717, 1.165) is 11.1 Å². The zero-order chi connectivity index (χ0) is 23.9. The van der Waals surface area contributed by atoms with Gasteiger partial charge in [0, 0.05) is 38.9 Å². The Morgan fingerprint density at radius 1 is 1.12 bits per heavy atom. The standard InChI is InChI=1S/C25H27N5O4/c1-28(2)12-11-22-23(30(31)32)25(29-13-15-33-16-14-29)27-24(26-22)20-9-6-10-21(17-20)34-18-19-7-4-3-5-8-19/h3-12,17H,13-16,18H2,1-2H3/b12-11+. The first-order valence-electron chi connectivity index (χ1n) is 11.0. The summed E-state index contributed by atoms with van der Waals surface area (Å²) in [6.45, 7) is 2.45. The van der Waals surface area contributed by atoms with Crippen LogP contribution in [0.3, 0.4) is 0 Å². The predicted octanol–water partition coefficient (Wildman–Crippen LogP) is 4.00. The third-order valence-electron chi connectivity index (χ3n) is 5.26. The number of morpholine rings is 1. The molecule has 4 rings (SSSR count). The Balaban J connectivity index is 1.73. The number of aromatic nitrogens is 2. The maximum atomic E-state index is 12.1. The van der Waals surface area contributed by atoms with E-state index in [0.29, 0.717) is 50.3 Å². The number of hydrogen-bond acceptors (Lipinski definition) is 8. The fourth-order valence-electron chi connectivity index (χ4n) is 3.56. The van der Waals surface area contributed by atoms with Gasteiger partial charge in [0.05, 0.1) is 18.1 Å². The summed E-state index contributed by atoms with van der Waals surface area (Å²) in [5.41, 5.74) is 1.92. The summed E-state index contributed by atoms with van der Waals surface area (Å²) in [6, 6.07) is 17.4. The summed E-state index contributed by atoms with van der Waals surface area (Å²) in [6.07, 6.45) is 3.38. The molecule has 9 nitrogen and oxygen atoms in total. The molecule has 2 aromatic carbocycles. The van der Waals surface area contributed by atoms with Crippen LogP contribution in [0.15, 0.2) is 60.8 Å². The lowest BCUT2D eigenvalue weighted by molar-refractivity contribution is -0.384. The van der Waals surface area contributed by atoms with Crippen LogP contribution in [-0.2, 0) is 11.3 Å². The number of benzene rings is 2. The average molecular weight is 462 g/mol. The van der Waals surface area contributed by atoms with Gasteiger partial charge in [0.1, 0.15) is 18.1 Å². The van der Waals surface area contributed by atoms with Gasteiger partial charge < -0.3 is 19.3 Å². The maximum Gasteiger partial charge on any atom is 0.337 e. The normalized spacial score (nSPS) is 13.8. The molecule has 1 aliphatic rings. The maximum absolute atomic E-state index is 12.1. The highest BCUT2D eigenvalue weighted by Crippen LogP contribution is 2.34. The lowest BCUT2D eigenvalue weighted by atomic mass is 10.1. The van der Waals surface area contributed by atoms with Crippen LogP contribution in [0.2, 0.25) is 0 Å². The third-order valence-corrected chi connectivity index (χ3v) is 5.26. The van der Waals surface area contributed by atoms with E-state index < -0.39 is 4.92 Å². The van der Waals surface area contributed by atoms with Gasteiger partial charge in [-0.1, -0.05) is 42.5 Å². The van der Waals surface area contributed by atoms with Gasteiger partial charge >= 0.3 is 5.69 Å². The van der Waals surface area contributed by atoms with E-state index in [2.05, 4.69) is 9.97 Å². The molecule has 1 aromatic heterocycles. The third kappa shape index (κ3) is 5.68. The highest BCUT2D eigenvalue weighted by atomic mass is 16.6. The molecule has 9 heteroatoms. The van der Waals surface area contributed by atoms with E-state index >= 15 is 0 Å². The summed E-state index contributed by atoms with van der Waals surface area (Å²) in [5.74, 6) is 1.37. The fourth-order valence-corrected chi connectivity index (χ4v) is 3.56. The van der Waals surface area contributed by atoms with E-state index in [1.807, 2.05) is 73.6 Å². The monoisotopic (exact) mass is 461 g/mol. The van der Waals surface area contributed by atoms with Gasteiger partial charge in [-0.2, -0.15) is 0 Å². The van der Waals surface area contributed by atoms with Crippen molar-refractivity contribution in [2.75, 3.05) is 45.3 Å². The topological polar surface area (TPSA) is 93.9 Å². The zero-order valence-electron chi connectivity index (χ0n) is 19.3. The number of nitrogens with zero attached hydrogens (tertiary/aromatic N) is 5. The van der Waals surface area contributed by atoms with Crippen molar-refractivity contribution in [2.45, 2.75) is 6.61 Å². The van der Waals surface area contributed by atoms with E-state index in [4.69, 9.17) is 9.47 Å². The molecule has 0 atom stereocenters. The van der Waals surface area contributed by atoms with Gasteiger partial charge in [0.25, 0.3) is 0 Å². The Hall–Kier alpha value is -3.98. The largest absolute Gasteiger partial charge is 0.489 e. The molecule has 1 fully saturated rings. The Morgan fingerprint density at radius 2 is 1.88 bits per heavy atom. The molecule has 0 N–H and O–H groups in total. The van der Waals surface area contributed by atoms with Crippen LogP contribution in [0.5, 0.6) is 5.75 Å². The van der Waals surface area contributed by atoms with Gasteiger partial charge in [0.15, 0.2) is 5.82 Å². The fraction of sp³-hybridized carbons (Fsp3) is 0.280. The predicted molar refractivity (Wildman–Crippen MR) is 131 cm³/mol. The van der Waals surface area contributed by atoms with Crippen molar-refractivity contribution < 1.29 is 14.4 Å². The molecule has 3 aromatic rings.